The van der Waals surface area contributed by atoms with Gasteiger partial charge in [0, 0.05) is 19.5 Å². The minimum Gasteiger partial charge on any atom is -0.481 e. The van der Waals surface area contributed by atoms with Crippen LogP contribution in [0.3, 0.4) is 0 Å². The van der Waals surface area contributed by atoms with E-state index in [9.17, 15) is 9.59 Å². The molecule has 2 rings (SSSR count). The molecule has 8 heteroatoms. The molecule has 0 spiro atoms. The number of nitrogens with one attached hydrogen (secondary N) is 2. The molecule has 19 heavy (non-hydrogen) atoms. The zero-order chi connectivity index (χ0) is 13.7. The molecule has 3 N–H and O–H groups in total. The molecule has 0 unspecified atom stereocenters. The van der Waals surface area contributed by atoms with E-state index >= 15 is 0 Å². The van der Waals surface area contributed by atoms with Crippen molar-refractivity contribution >= 4 is 12.0 Å². The number of carboxylic acids is 1. The van der Waals surface area contributed by atoms with Gasteiger partial charge in [-0.15, -0.1) is 0 Å². The highest BCUT2D eigenvalue weighted by atomic mass is 16.4. The van der Waals surface area contributed by atoms with Crippen LogP contribution in [0.4, 0.5) is 4.79 Å². The number of carbonyl (C=O) groups is 2. The van der Waals surface area contributed by atoms with Gasteiger partial charge in [0.25, 0.3) is 0 Å². The molecule has 1 aliphatic rings. The van der Waals surface area contributed by atoms with Crippen molar-refractivity contribution in [1.29, 1.82) is 0 Å². The second-order valence-corrected chi connectivity index (χ2v) is 4.62. The number of rotatable bonds is 4. The van der Waals surface area contributed by atoms with Crippen LogP contribution < -0.4 is 5.32 Å². The van der Waals surface area contributed by atoms with Gasteiger partial charge in [-0.2, -0.15) is 5.10 Å². The fourth-order valence-electron chi connectivity index (χ4n) is 2.17. The Kier molecular flexibility index (Phi) is 4.32. The van der Waals surface area contributed by atoms with E-state index in [0.29, 0.717) is 25.5 Å². The van der Waals surface area contributed by atoms with Crippen LogP contribution in [0.2, 0.25) is 0 Å². The molecule has 1 saturated heterocycles. The molecule has 0 bridgehead atoms. The Morgan fingerprint density at radius 1 is 1.47 bits per heavy atom. The zero-order valence-electron chi connectivity index (χ0n) is 10.5. The highest BCUT2D eigenvalue weighted by molar-refractivity contribution is 5.74. The Labute approximate surface area is 110 Å². The van der Waals surface area contributed by atoms with E-state index in [1.807, 2.05) is 0 Å². The summed E-state index contributed by atoms with van der Waals surface area (Å²) in [6, 6.07) is -0.148. The zero-order valence-corrected chi connectivity index (χ0v) is 10.5. The molecular weight excluding hydrogens is 250 g/mol. The number of likely N-dealkylation sites (tertiary alicyclic amines) is 1. The number of nitrogens with zero attached hydrogens (tertiary/aromatic N) is 3. The van der Waals surface area contributed by atoms with Gasteiger partial charge in [-0.05, 0) is 18.8 Å². The maximum absolute atomic E-state index is 11.9. The summed E-state index contributed by atoms with van der Waals surface area (Å²) in [7, 11) is 0. The van der Waals surface area contributed by atoms with Crippen LogP contribution in [0.5, 0.6) is 0 Å². The average molecular weight is 267 g/mol. The van der Waals surface area contributed by atoms with E-state index in [1.165, 1.54) is 6.33 Å². The van der Waals surface area contributed by atoms with Crippen molar-refractivity contribution in [1.82, 2.24) is 25.4 Å². The van der Waals surface area contributed by atoms with Gasteiger partial charge in [0.05, 0.1) is 6.54 Å². The Morgan fingerprint density at radius 3 is 2.79 bits per heavy atom. The number of aromatic nitrogens is 3. The number of aromatic amines is 1. The summed E-state index contributed by atoms with van der Waals surface area (Å²) in [6.45, 7) is 1.51. The van der Waals surface area contributed by atoms with Crippen molar-refractivity contribution in [2.45, 2.75) is 25.8 Å². The Morgan fingerprint density at radius 2 is 2.21 bits per heavy atom. The molecule has 1 aromatic heterocycles. The molecule has 104 valence electrons. The molecule has 1 aromatic rings. The van der Waals surface area contributed by atoms with E-state index in [0.717, 1.165) is 12.8 Å². The number of carbonyl (C=O) groups excluding carboxylic acids is 1. The van der Waals surface area contributed by atoms with Gasteiger partial charge in [-0.1, -0.05) is 0 Å². The molecule has 0 aliphatic carbocycles. The van der Waals surface area contributed by atoms with Gasteiger partial charge in [0.15, 0.2) is 0 Å². The van der Waals surface area contributed by atoms with Crippen molar-refractivity contribution in [3.8, 4) is 0 Å². The maximum Gasteiger partial charge on any atom is 0.317 e. The molecule has 0 atom stereocenters. The lowest BCUT2D eigenvalue weighted by Crippen LogP contribution is -2.44. The van der Waals surface area contributed by atoms with Gasteiger partial charge in [0.1, 0.15) is 12.2 Å². The highest BCUT2D eigenvalue weighted by Gasteiger charge is 2.24. The topological polar surface area (TPSA) is 111 Å². The second-order valence-electron chi connectivity index (χ2n) is 4.62. The largest absolute Gasteiger partial charge is 0.481 e. The number of hydrogen-bond donors (Lipinski definition) is 3. The van der Waals surface area contributed by atoms with Crippen molar-refractivity contribution in [3.63, 3.8) is 0 Å². The normalized spacial score (nSPS) is 16.3. The molecule has 1 fully saturated rings. The smallest absolute Gasteiger partial charge is 0.317 e. The minimum absolute atomic E-state index is 0.148. The standard InChI is InChI=1S/C11H17N5O3/c17-10(18)5-8-1-3-16(4-2-8)11(19)12-6-9-13-7-14-15-9/h7-8H,1-6H2,(H,12,19)(H,17,18)(H,13,14,15). The lowest BCUT2D eigenvalue weighted by molar-refractivity contribution is -0.138. The maximum atomic E-state index is 11.9. The van der Waals surface area contributed by atoms with Crippen LogP contribution >= 0.6 is 0 Å². The van der Waals surface area contributed by atoms with Crippen LogP contribution in [0, 0.1) is 5.92 Å². The first kappa shape index (κ1) is 13.3. The van der Waals surface area contributed by atoms with Crippen LogP contribution in [0.25, 0.3) is 0 Å². The van der Waals surface area contributed by atoms with Crippen LogP contribution in [-0.4, -0.2) is 50.3 Å². The summed E-state index contributed by atoms with van der Waals surface area (Å²) in [6.07, 6.45) is 3.05. The molecule has 2 heterocycles. The van der Waals surface area contributed by atoms with Gasteiger partial charge in [-0.3, -0.25) is 9.89 Å². The predicted octanol–water partition coefficient (Wildman–Crippen LogP) is 0.201. The summed E-state index contributed by atoms with van der Waals surface area (Å²) in [5, 5.41) is 17.8. The fourth-order valence-corrected chi connectivity index (χ4v) is 2.17. The second kappa shape index (κ2) is 6.17. The number of piperidine rings is 1. The molecule has 2 amide bonds. The van der Waals surface area contributed by atoms with E-state index in [4.69, 9.17) is 5.11 Å². The number of amides is 2. The van der Waals surface area contributed by atoms with E-state index in [1.54, 1.807) is 4.90 Å². The third-order valence-electron chi connectivity index (χ3n) is 3.24. The Bertz CT molecular complexity index is 426. The SMILES string of the molecule is O=C(O)CC1CCN(C(=O)NCc2ncn[nH]2)CC1. The van der Waals surface area contributed by atoms with Crippen LogP contribution in [0.15, 0.2) is 6.33 Å². The third-order valence-corrected chi connectivity index (χ3v) is 3.24. The lowest BCUT2D eigenvalue weighted by atomic mass is 9.94. The van der Waals surface area contributed by atoms with Crippen molar-refractivity contribution < 1.29 is 14.7 Å². The van der Waals surface area contributed by atoms with E-state index in [-0.39, 0.29) is 18.4 Å². The first-order chi connectivity index (χ1) is 9.15. The number of aliphatic carboxylic acids is 1. The highest BCUT2D eigenvalue weighted by Crippen LogP contribution is 2.20. The summed E-state index contributed by atoms with van der Waals surface area (Å²) in [5.41, 5.74) is 0. The van der Waals surface area contributed by atoms with Gasteiger partial charge >= 0.3 is 12.0 Å². The number of hydrogen-bond acceptors (Lipinski definition) is 4. The molecule has 0 radical (unpaired) electrons. The summed E-state index contributed by atoms with van der Waals surface area (Å²) in [5.74, 6) is 0.0122. The number of urea groups is 1. The predicted molar refractivity (Wildman–Crippen MR) is 65.2 cm³/mol. The van der Waals surface area contributed by atoms with E-state index in [2.05, 4.69) is 20.5 Å². The Hall–Kier alpha value is -2.12. The van der Waals surface area contributed by atoms with E-state index < -0.39 is 5.97 Å². The van der Waals surface area contributed by atoms with Crippen molar-refractivity contribution in [2.24, 2.45) is 5.92 Å². The monoisotopic (exact) mass is 267 g/mol. The van der Waals surface area contributed by atoms with Gasteiger partial charge < -0.3 is 15.3 Å². The fraction of sp³-hybridized carbons (Fsp3) is 0.636. The van der Waals surface area contributed by atoms with Gasteiger partial charge in [-0.25, -0.2) is 9.78 Å². The molecule has 0 aromatic carbocycles. The average Bonchev–Trinajstić information content (AvgIpc) is 2.89. The van der Waals surface area contributed by atoms with Crippen molar-refractivity contribution in [2.75, 3.05) is 13.1 Å². The van der Waals surface area contributed by atoms with Crippen molar-refractivity contribution in [3.05, 3.63) is 12.2 Å². The number of H-pyrrole nitrogens is 1. The van der Waals surface area contributed by atoms with Crippen LogP contribution in [0.1, 0.15) is 25.1 Å². The quantitative estimate of drug-likeness (QED) is 0.721. The number of carboxylic acid groups (broad SMARTS) is 1. The summed E-state index contributed by atoms with van der Waals surface area (Å²) < 4.78 is 0. The minimum atomic E-state index is -0.770. The Balaban J connectivity index is 1.71. The third kappa shape index (κ3) is 3.94. The molecular formula is C11H17N5O3. The lowest BCUT2D eigenvalue weighted by Gasteiger charge is -2.31. The van der Waals surface area contributed by atoms with Gasteiger partial charge in [0.2, 0.25) is 0 Å². The first-order valence-corrected chi connectivity index (χ1v) is 6.24. The molecule has 8 nitrogen and oxygen atoms in total. The first-order valence-electron chi connectivity index (χ1n) is 6.24. The molecule has 0 saturated carbocycles. The summed E-state index contributed by atoms with van der Waals surface area (Å²) in [4.78, 5) is 28.1. The molecule has 1 aliphatic heterocycles. The summed E-state index contributed by atoms with van der Waals surface area (Å²) >= 11 is 0. The van der Waals surface area contributed by atoms with Crippen LogP contribution in [-0.2, 0) is 11.3 Å².